The molecule has 0 N–H and O–H groups in total. The van der Waals surface area contributed by atoms with Gasteiger partial charge in [-0.1, -0.05) is 55.3 Å². The largest absolute Gasteiger partial charge is 0.496 e. The van der Waals surface area contributed by atoms with Gasteiger partial charge in [-0.2, -0.15) is 0 Å². The van der Waals surface area contributed by atoms with Gasteiger partial charge in [0.05, 0.1) is 32.5 Å². The number of nitrogens with zero attached hydrogens (tertiary/aromatic N) is 1. The summed E-state index contributed by atoms with van der Waals surface area (Å²) < 4.78 is 18.1. The molecular formula is C27H37NO3. The first-order chi connectivity index (χ1) is 15.2. The molecule has 1 saturated heterocycles. The maximum Gasteiger partial charge on any atom is 0.121 e. The molecule has 0 amide bonds. The van der Waals surface area contributed by atoms with Gasteiger partial charge < -0.3 is 14.2 Å². The van der Waals surface area contributed by atoms with E-state index >= 15 is 0 Å². The molecule has 4 heteroatoms. The summed E-state index contributed by atoms with van der Waals surface area (Å²) in [4.78, 5) is 2.64. The van der Waals surface area contributed by atoms with Crippen molar-refractivity contribution >= 4 is 0 Å². The smallest absolute Gasteiger partial charge is 0.121 e. The minimum absolute atomic E-state index is 0.338. The van der Waals surface area contributed by atoms with Crippen LogP contribution in [0, 0.1) is 6.92 Å². The van der Waals surface area contributed by atoms with Crippen molar-refractivity contribution in [3.63, 3.8) is 0 Å². The van der Waals surface area contributed by atoms with E-state index < -0.39 is 0 Å². The Morgan fingerprint density at radius 3 is 2.58 bits per heavy atom. The van der Waals surface area contributed by atoms with Gasteiger partial charge in [-0.05, 0) is 55.4 Å². The predicted molar refractivity (Wildman–Crippen MR) is 125 cm³/mol. The van der Waals surface area contributed by atoms with Gasteiger partial charge in [0.2, 0.25) is 0 Å². The van der Waals surface area contributed by atoms with Crippen LogP contribution in [-0.4, -0.2) is 50.0 Å². The zero-order chi connectivity index (χ0) is 21.5. The molecule has 0 radical (unpaired) electrons. The number of ether oxygens (including phenoxy) is 3. The molecule has 1 aliphatic heterocycles. The van der Waals surface area contributed by atoms with Gasteiger partial charge in [-0.25, -0.2) is 0 Å². The van der Waals surface area contributed by atoms with Gasteiger partial charge in [0, 0.05) is 19.1 Å². The van der Waals surface area contributed by atoms with Crippen molar-refractivity contribution in [3.8, 4) is 5.75 Å². The molecular weight excluding hydrogens is 386 g/mol. The fraction of sp³-hybridized carbons (Fsp3) is 0.556. The molecule has 0 spiro atoms. The van der Waals surface area contributed by atoms with E-state index in [0.717, 1.165) is 38.3 Å². The van der Waals surface area contributed by atoms with E-state index in [9.17, 15) is 0 Å². The summed E-state index contributed by atoms with van der Waals surface area (Å²) in [5.74, 6) is 0.954. The van der Waals surface area contributed by atoms with E-state index in [1.165, 1.54) is 42.4 Å². The highest BCUT2D eigenvalue weighted by atomic mass is 16.5. The molecule has 1 heterocycles. The third kappa shape index (κ3) is 6.09. The first kappa shape index (κ1) is 22.3. The van der Waals surface area contributed by atoms with Crippen LogP contribution in [0.4, 0.5) is 0 Å². The zero-order valence-electron chi connectivity index (χ0n) is 19.1. The number of likely N-dealkylation sites (tertiary alicyclic amines) is 1. The molecule has 3 atom stereocenters. The topological polar surface area (TPSA) is 30.9 Å². The van der Waals surface area contributed by atoms with Crippen molar-refractivity contribution in [2.45, 2.75) is 70.3 Å². The molecule has 4 nitrogen and oxygen atoms in total. The molecule has 2 aromatic rings. The molecule has 2 fully saturated rings. The number of rotatable bonds is 9. The van der Waals surface area contributed by atoms with Crippen molar-refractivity contribution < 1.29 is 14.2 Å². The summed E-state index contributed by atoms with van der Waals surface area (Å²) in [7, 11) is 1.73. The predicted octanol–water partition coefficient (Wildman–Crippen LogP) is 5.17. The molecule has 2 aromatic carbocycles. The van der Waals surface area contributed by atoms with E-state index in [1.807, 2.05) is 0 Å². The van der Waals surface area contributed by atoms with Crippen LogP contribution in [0.3, 0.4) is 0 Å². The average molecular weight is 424 g/mol. The summed E-state index contributed by atoms with van der Waals surface area (Å²) in [6.07, 6.45) is 7.79. The molecule has 1 aliphatic carbocycles. The summed E-state index contributed by atoms with van der Waals surface area (Å²) >= 11 is 0. The van der Waals surface area contributed by atoms with Gasteiger partial charge in [-0.15, -0.1) is 0 Å². The van der Waals surface area contributed by atoms with Gasteiger partial charge in [0.15, 0.2) is 0 Å². The van der Waals surface area contributed by atoms with Crippen LogP contribution in [0.25, 0.3) is 0 Å². The molecule has 0 aromatic heterocycles. The lowest BCUT2D eigenvalue weighted by molar-refractivity contribution is -0.0352. The first-order valence-corrected chi connectivity index (χ1v) is 11.9. The number of aryl methyl sites for hydroxylation is 1. The Labute approximate surface area is 187 Å². The fourth-order valence-corrected chi connectivity index (χ4v) is 5.09. The SMILES string of the molecule is COc1ccc(CCO[C@@H]2CCCCC2N2CC[C@@H](OCc3ccccc3)C2)cc1C. The van der Waals surface area contributed by atoms with Crippen LogP contribution in [0.15, 0.2) is 48.5 Å². The molecule has 0 bridgehead atoms. The number of hydrogen-bond donors (Lipinski definition) is 0. The van der Waals surface area contributed by atoms with Crippen LogP contribution < -0.4 is 4.74 Å². The number of hydrogen-bond acceptors (Lipinski definition) is 4. The van der Waals surface area contributed by atoms with Crippen molar-refractivity contribution in [1.82, 2.24) is 4.90 Å². The maximum atomic E-state index is 6.46. The lowest BCUT2D eigenvalue weighted by Gasteiger charge is -2.38. The van der Waals surface area contributed by atoms with Gasteiger partial charge in [0.1, 0.15) is 5.75 Å². The summed E-state index contributed by atoms with van der Waals surface area (Å²) in [5, 5.41) is 0. The Morgan fingerprint density at radius 2 is 1.77 bits per heavy atom. The lowest BCUT2D eigenvalue weighted by atomic mass is 9.91. The average Bonchev–Trinajstić information content (AvgIpc) is 3.28. The highest BCUT2D eigenvalue weighted by Crippen LogP contribution is 2.29. The van der Waals surface area contributed by atoms with E-state index in [4.69, 9.17) is 14.2 Å². The Balaban J connectivity index is 1.25. The fourth-order valence-electron chi connectivity index (χ4n) is 5.09. The Bertz CT molecular complexity index is 809. The quantitative estimate of drug-likeness (QED) is 0.557. The number of methoxy groups -OCH3 is 1. The van der Waals surface area contributed by atoms with Crippen LogP contribution >= 0.6 is 0 Å². The van der Waals surface area contributed by atoms with E-state index in [2.05, 4.69) is 60.4 Å². The third-order valence-corrected chi connectivity index (χ3v) is 6.82. The lowest BCUT2D eigenvalue weighted by Crippen LogP contribution is -2.46. The summed E-state index contributed by atoms with van der Waals surface area (Å²) in [6.45, 7) is 5.76. The summed E-state index contributed by atoms with van der Waals surface area (Å²) in [5.41, 5.74) is 3.77. The normalized spacial score (nSPS) is 24.4. The molecule has 2 aliphatic rings. The van der Waals surface area contributed by atoms with Gasteiger partial charge in [-0.3, -0.25) is 4.90 Å². The van der Waals surface area contributed by atoms with Crippen LogP contribution in [0.1, 0.15) is 48.8 Å². The molecule has 4 rings (SSSR count). The Morgan fingerprint density at radius 1 is 0.935 bits per heavy atom. The zero-order valence-corrected chi connectivity index (χ0v) is 19.1. The molecule has 1 unspecified atom stereocenters. The van der Waals surface area contributed by atoms with E-state index in [1.54, 1.807) is 7.11 Å². The third-order valence-electron chi connectivity index (χ3n) is 6.82. The molecule has 1 saturated carbocycles. The highest BCUT2D eigenvalue weighted by Gasteiger charge is 2.35. The Kier molecular flexibility index (Phi) is 8.01. The minimum Gasteiger partial charge on any atom is -0.496 e. The second-order valence-corrected chi connectivity index (χ2v) is 9.02. The van der Waals surface area contributed by atoms with Crippen molar-refractivity contribution in [3.05, 3.63) is 65.2 Å². The molecule has 168 valence electrons. The number of benzene rings is 2. The monoisotopic (exact) mass is 423 g/mol. The standard InChI is InChI=1S/C27H37NO3/c1-21-18-22(12-13-26(21)29-2)15-17-30-27-11-7-6-10-25(27)28-16-14-24(19-28)31-20-23-8-4-3-5-9-23/h3-5,8-9,12-13,18,24-25,27H,6-7,10-11,14-17,19-20H2,1-2H3/t24-,25?,27-/m1/s1. The van der Waals surface area contributed by atoms with E-state index in [0.29, 0.717) is 24.9 Å². The maximum absolute atomic E-state index is 6.46. The summed E-state index contributed by atoms with van der Waals surface area (Å²) in [6, 6.07) is 17.5. The first-order valence-electron chi connectivity index (χ1n) is 11.9. The van der Waals surface area contributed by atoms with Crippen molar-refractivity contribution in [2.24, 2.45) is 0 Å². The van der Waals surface area contributed by atoms with Crippen molar-refractivity contribution in [1.29, 1.82) is 0 Å². The van der Waals surface area contributed by atoms with E-state index in [-0.39, 0.29) is 0 Å². The van der Waals surface area contributed by atoms with Crippen LogP contribution in [0.2, 0.25) is 0 Å². The Hall–Kier alpha value is -1.88. The van der Waals surface area contributed by atoms with Crippen LogP contribution in [0.5, 0.6) is 5.75 Å². The molecule has 31 heavy (non-hydrogen) atoms. The van der Waals surface area contributed by atoms with Crippen LogP contribution in [-0.2, 0) is 22.5 Å². The van der Waals surface area contributed by atoms with Gasteiger partial charge >= 0.3 is 0 Å². The van der Waals surface area contributed by atoms with Gasteiger partial charge in [0.25, 0.3) is 0 Å². The van der Waals surface area contributed by atoms with Crippen molar-refractivity contribution in [2.75, 3.05) is 26.8 Å². The second-order valence-electron chi connectivity index (χ2n) is 9.02. The minimum atomic E-state index is 0.338. The second kappa shape index (κ2) is 11.1. The highest BCUT2D eigenvalue weighted by molar-refractivity contribution is 5.36.